The topological polar surface area (TPSA) is 732 Å². The van der Waals surface area contributed by atoms with Crippen LogP contribution in [0.2, 0.25) is 0 Å². The number of benzene rings is 1. The quantitative estimate of drug-likeness (QED) is 0.0126. The number of piperidine rings is 1. The van der Waals surface area contributed by atoms with E-state index >= 15 is 19.2 Å². The monoisotopic (exact) mass is 1660 g/mol. The molecule has 2 aliphatic rings. The Kier molecular flexibility index (Phi) is 41.9. The maximum Gasteiger partial charge on any atom is 0.329 e. The highest BCUT2D eigenvalue weighted by molar-refractivity contribution is 6.00. The van der Waals surface area contributed by atoms with Crippen LogP contribution in [0.25, 0.3) is 0 Å². The number of cyclic esters (lactones) is 1. The standard InChI is InChI=1S/C74H125N21O22/c1-33(2)28-35(5)57(101)38(8)62(105)89-47(30-52(76)99)66(109)86-43(16-14-25-83-73(79)80)58(102)59(103)70(113)92-49(36(6)37(7)61(78)104)32-85-55-40(10)117-72(115)50-18-12-13-27-95(50)71(114)48(31-53(77)100)91-69(112)56(60(116-11)41-19-21-42(97)22-20-41)94-64(107)45(23-24-51(75)98)87-65(108)46(29-34(3)4)90-63(106)44(17-15-26-84-74(81)82)88-67(110)54(39(9)96)93-68(55)111/h19-22,33-40,43-50,54-60,85,96-97,101-103H,12-18,23-32H2,1-11H3,(H2,75,98)(H2,76,99)(H2,77,100)(H2,78,104)(H,86,109)(H,87,108)(H,88,110)(H,89,105)(H,90,106)(H,91,112)(H,92,113)(H,93,111)(H,94,107)(H4,79,80,83)(H4,81,82,84)/t35?,36-,37+,38?,39+,40+,43-,44+,45-,46-,47-,48+,49?,50+,54?,55?,56?,57?,58?,59?,60?/m0/s1. The molecule has 2 fully saturated rings. The molecule has 43 heteroatoms. The van der Waals surface area contributed by atoms with Crippen LogP contribution in [0.5, 0.6) is 5.75 Å². The lowest BCUT2D eigenvalue weighted by Crippen LogP contribution is -2.63. The summed E-state index contributed by atoms with van der Waals surface area (Å²) in [6, 6.07) is -14.5. The zero-order chi connectivity index (χ0) is 88.6. The van der Waals surface area contributed by atoms with Crippen molar-refractivity contribution in [3.05, 3.63) is 29.8 Å². The Morgan fingerprint density at radius 2 is 1.15 bits per heavy atom. The lowest BCUT2D eigenvalue weighted by molar-refractivity contribution is -0.163. The molecule has 1 aromatic carbocycles. The van der Waals surface area contributed by atoms with Gasteiger partial charge < -0.3 is 139 Å². The lowest BCUT2D eigenvalue weighted by Gasteiger charge is -2.38. The van der Waals surface area contributed by atoms with Gasteiger partial charge in [-0.1, -0.05) is 67.5 Å². The van der Waals surface area contributed by atoms with E-state index in [0.717, 1.165) is 18.9 Å². The van der Waals surface area contributed by atoms with Crippen molar-refractivity contribution in [1.29, 1.82) is 0 Å². The SMILES string of the molecule is COC(c1ccc(O)cc1)C1NC(=O)[C@H](CCC(N)=O)NC(=O)[C@H](CC(C)C)NC(=O)[C@@H](CCCN=C(N)N)NC(=O)C([C@@H](C)O)NC(=O)C(NCC(NC(=O)C(O)C(O)[C@H](CCCN=C(N)N)NC(=O)[C@H](CC(N)=O)NC(=O)C(C)C(O)C(C)CC(C)C)[C@@H](C)[C@@H](C)C(N)=O)[C@@H](C)OC(=O)[C@H]2CCCCN2C(=O)[C@@H](CC(N)=O)NC1=O. The number of methoxy groups -OCH3 is 1. The Labute approximate surface area is 679 Å². The summed E-state index contributed by atoms with van der Waals surface area (Å²) < 4.78 is 11.8. The number of carbonyl (C=O) groups is 15. The van der Waals surface area contributed by atoms with Crippen molar-refractivity contribution in [2.45, 2.75) is 256 Å². The van der Waals surface area contributed by atoms with Crippen LogP contribution in [0.1, 0.15) is 164 Å². The number of nitrogens with one attached hydrogen (secondary N) is 10. The maximum absolute atomic E-state index is 15.3. The highest BCUT2D eigenvalue weighted by Crippen LogP contribution is 2.27. The molecule has 2 aliphatic heterocycles. The van der Waals surface area contributed by atoms with Gasteiger partial charge in [-0.15, -0.1) is 0 Å². The van der Waals surface area contributed by atoms with E-state index in [-0.39, 0.29) is 100 Å². The Hall–Kier alpha value is -10.6. The summed E-state index contributed by atoms with van der Waals surface area (Å²) in [5.41, 5.74) is 45.0. The second-order valence-electron chi connectivity index (χ2n) is 30.8. The first-order chi connectivity index (χ1) is 54.7. The number of hydrogen-bond acceptors (Lipinski definition) is 25. The Morgan fingerprint density at radius 1 is 0.598 bits per heavy atom. The van der Waals surface area contributed by atoms with Gasteiger partial charge in [0.25, 0.3) is 5.91 Å². The number of carbonyl (C=O) groups excluding carboxylic acids is 15. The molecular formula is C74H125N21O22. The summed E-state index contributed by atoms with van der Waals surface area (Å²) in [5, 5.41) is 81.9. The number of fused-ring (bicyclic) bond motifs is 1. The fourth-order valence-corrected chi connectivity index (χ4v) is 13.5. The maximum atomic E-state index is 15.3. The predicted octanol–water partition coefficient (Wildman–Crippen LogP) is -7.56. The molecule has 0 aromatic heterocycles. The average Bonchev–Trinajstić information content (AvgIpc) is 0.992. The summed E-state index contributed by atoms with van der Waals surface area (Å²) in [7, 11) is 1.13. The molecule has 0 saturated carbocycles. The molecule has 0 bridgehead atoms. The number of aromatic hydroxyl groups is 1. The molecule has 31 N–H and O–H groups in total. The number of amides is 14. The first-order valence-corrected chi connectivity index (χ1v) is 39.0. The molecule has 21 atom stereocenters. The predicted molar refractivity (Wildman–Crippen MR) is 422 cm³/mol. The zero-order valence-corrected chi connectivity index (χ0v) is 68.2. The molecule has 3 rings (SSSR count). The third-order valence-corrected chi connectivity index (χ3v) is 20.2. The summed E-state index contributed by atoms with van der Waals surface area (Å²) in [5.74, 6) is -22.1. The van der Waals surface area contributed by atoms with E-state index < -0.39 is 254 Å². The number of aliphatic hydroxyl groups is 4. The van der Waals surface area contributed by atoms with Crippen molar-refractivity contribution >= 4 is 101 Å². The molecule has 10 unspecified atom stereocenters. The number of rotatable bonds is 39. The van der Waals surface area contributed by atoms with Crippen LogP contribution in [0.15, 0.2) is 34.3 Å². The van der Waals surface area contributed by atoms with Crippen molar-refractivity contribution in [2.24, 2.45) is 91.4 Å². The number of primary amides is 4. The molecule has 117 heavy (non-hydrogen) atoms. The van der Waals surface area contributed by atoms with E-state index in [9.17, 15) is 78.3 Å². The fraction of sp³-hybridized carbons (Fsp3) is 0.689. The van der Waals surface area contributed by atoms with Gasteiger partial charge in [-0.2, -0.15) is 0 Å². The lowest BCUT2D eigenvalue weighted by atomic mass is 9.87. The van der Waals surface area contributed by atoms with E-state index in [0.29, 0.717) is 6.42 Å². The summed E-state index contributed by atoms with van der Waals surface area (Å²) in [6.07, 6.45) is -14.3. The van der Waals surface area contributed by atoms with Crippen molar-refractivity contribution in [1.82, 2.24) is 58.1 Å². The van der Waals surface area contributed by atoms with Crippen LogP contribution in [0.3, 0.4) is 0 Å². The van der Waals surface area contributed by atoms with Crippen LogP contribution in [-0.2, 0) is 81.4 Å². The molecule has 0 radical (unpaired) electrons. The number of hydrogen-bond donors (Lipinski definition) is 23. The van der Waals surface area contributed by atoms with Crippen LogP contribution in [-0.4, -0.2) is 261 Å². The van der Waals surface area contributed by atoms with Crippen LogP contribution < -0.4 is 99.0 Å². The summed E-state index contributed by atoms with van der Waals surface area (Å²) >= 11 is 0. The van der Waals surface area contributed by atoms with E-state index in [2.05, 4.69) is 63.2 Å². The van der Waals surface area contributed by atoms with Crippen molar-refractivity contribution in [2.75, 3.05) is 33.3 Å². The van der Waals surface area contributed by atoms with Crippen LogP contribution >= 0.6 is 0 Å². The third-order valence-electron chi connectivity index (χ3n) is 20.2. The highest BCUT2D eigenvalue weighted by atomic mass is 16.5. The smallest absolute Gasteiger partial charge is 0.329 e. The Morgan fingerprint density at radius 3 is 1.70 bits per heavy atom. The van der Waals surface area contributed by atoms with Crippen molar-refractivity contribution in [3.8, 4) is 5.75 Å². The number of aliphatic hydroxyl groups excluding tert-OH is 4. The van der Waals surface area contributed by atoms with Gasteiger partial charge in [0.2, 0.25) is 76.8 Å². The van der Waals surface area contributed by atoms with E-state index in [4.69, 9.17) is 55.3 Å². The van der Waals surface area contributed by atoms with Crippen LogP contribution in [0.4, 0.5) is 0 Å². The van der Waals surface area contributed by atoms with Gasteiger partial charge in [0.05, 0.1) is 37.0 Å². The molecule has 1 aromatic rings. The second kappa shape index (κ2) is 48.8. The second-order valence-corrected chi connectivity index (χ2v) is 30.8. The Balaban J connectivity index is 2.38. The number of esters is 1. The zero-order valence-electron chi connectivity index (χ0n) is 68.2. The number of ether oxygens (including phenoxy) is 2. The van der Waals surface area contributed by atoms with Crippen molar-refractivity contribution in [3.63, 3.8) is 0 Å². The number of nitrogens with two attached hydrogens (primary N) is 8. The van der Waals surface area contributed by atoms with Crippen LogP contribution in [0, 0.1) is 35.5 Å². The summed E-state index contributed by atoms with van der Waals surface area (Å²) in [6.45, 7) is 14.0. The van der Waals surface area contributed by atoms with Gasteiger partial charge in [-0.05, 0) is 119 Å². The number of nitrogens with zero attached hydrogens (tertiary/aromatic N) is 3. The van der Waals surface area contributed by atoms with Gasteiger partial charge in [0.1, 0.15) is 78.4 Å². The molecular weight excluding hydrogens is 1530 g/mol. The minimum Gasteiger partial charge on any atom is -0.508 e. The number of phenols is 1. The van der Waals surface area contributed by atoms with Gasteiger partial charge >= 0.3 is 5.97 Å². The third kappa shape index (κ3) is 33.1. The molecule has 0 spiro atoms. The van der Waals surface area contributed by atoms with Gasteiger partial charge in [-0.3, -0.25) is 77.1 Å². The minimum absolute atomic E-state index is 0.0644. The molecule has 2 saturated heterocycles. The number of phenolic OH excluding ortho intramolecular Hbond substituents is 1. The van der Waals surface area contributed by atoms with Gasteiger partial charge in [0, 0.05) is 51.7 Å². The van der Waals surface area contributed by atoms with E-state index in [1.165, 1.54) is 52.0 Å². The normalized spacial score (nSPS) is 23.5. The number of aliphatic imine (C=N–C) groups is 2. The molecule has 43 nitrogen and oxygen atoms in total. The number of guanidine groups is 2. The summed E-state index contributed by atoms with van der Waals surface area (Å²) in [4.78, 5) is 222. The minimum atomic E-state index is -2.54. The first-order valence-electron chi connectivity index (χ1n) is 39.0. The molecule has 658 valence electrons. The first kappa shape index (κ1) is 101. The average molecular weight is 1660 g/mol. The van der Waals surface area contributed by atoms with Gasteiger partial charge in [-0.25, -0.2) is 4.79 Å². The Bertz CT molecular complexity index is 3620. The molecule has 0 aliphatic carbocycles. The molecule has 2 heterocycles. The van der Waals surface area contributed by atoms with E-state index in [1.807, 2.05) is 13.8 Å². The largest absolute Gasteiger partial charge is 0.508 e. The van der Waals surface area contributed by atoms with Gasteiger partial charge in [0.15, 0.2) is 18.0 Å². The molecule has 14 amide bonds. The van der Waals surface area contributed by atoms with E-state index in [1.54, 1.807) is 20.8 Å². The van der Waals surface area contributed by atoms with Crippen molar-refractivity contribution < 1.29 is 107 Å². The highest BCUT2D eigenvalue weighted by Gasteiger charge is 2.45. The fourth-order valence-electron chi connectivity index (χ4n) is 13.5.